The number of piperidine rings is 1. The molecule has 3 aliphatic rings. The van der Waals surface area contributed by atoms with E-state index in [1.807, 2.05) is 26.6 Å². The van der Waals surface area contributed by atoms with Crippen LogP contribution in [-0.2, 0) is 9.59 Å². The summed E-state index contributed by atoms with van der Waals surface area (Å²) in [5.74, 6) is 0.276. The van der Waals surface area contributed by atoms with Gasteiger partial charge in [-0.15, -0.1) is 0 Å². The summed E-state index contributed by atoms with van der Waals surface area (Å²) in [4.78, 5) is 29.1. The van der Waals surface area contributed by atoms with Gasteiger partial charge in [-0.25, -0.2) is 0 Å². The van der Waals surface area contributed by atoms with Gasteiger partial charge in [0.05, 0.1) is 23.1 Å². The molecule has 4 rings (SSSR count). The highest BCUT2D eigenvalue weighted by atomic mass is 32.1. The van der Waals surface area contributed by atoms with Crippen molar-refractivity contribution in [1.82, 2.24) is 4.90 Å². The maximum absolute atomic E-state index is 12.9. The van der Waals surface area contributed by atoms with Crippen LogP contribution in [0, 0.1) is 5.41 Å². The van der Waals surface area contributed by atoms with Crippen LogP contribution in [-0.4, -0.2) is 47.1 Å². The summed E-state index contributed by atoms with van der Waals surface area (Å²) >= 11 is 1.61. The Morgan fingerprint density at radius 1 is 1.17 bits per heavy atom. The number of likely N-dealkylation sites (tertiary alicyclic amines) is 1. The number of carbonyl (C=O) groups excluding carboxylic acids is 2. The Balaban J connectivity index is 1.37. The van der Waals surface area contributed by atoms with E-state index in [0.29, 0.717) is 13.1 Å². The molecule has 0 atom stereocenters. The van der Waals surface area contributed by atoms with Gasteiger partial charge in [-0.1, -0.05) is 0 Å². The van der Waals surface area contributed by atoms with Crippen LogP contribution in [0.4, 0.5) is 5.69 Å². The molecule has 1 aromatic rings. The fourth-order valence-corrected chi connectivity index (χ4v) is 4.92. The summed E-state index contributed by atoms with van der Waals surface area (Å²) in [6.07, 6.45) is 5.12. The third kappa shape index (κ3) is 2.65. The van der Waals surface area contributed by atoms with E-state index in [0.717, 1.165) is 50.8 Å². The molecule has 0 unspecified atom stereocenters. The first-order valence-electron chi connectivity index (χ1n) is 8.86. The maximum Gasteiger partial charge on any atom is 0.233 e. The largest absolute Gasteiger partial charge is 0.389 e. The Morgan fingerprint density at radius 3 is 2.46 bits per heavy atom. The molecule has 24 heavy (non-hydrogen) atoms. The smallest absolute Gasteiger partial charge is 0.233 e. The predicted molar refractivity (Wildman–Crippen MR) is 93.0 cm³/mol. The Bertz CT molecular complexity index is 631. The average Bonchev–Trinajstić information content (AvgIpc) is 3.17. The van der Waals surface area contributed by atoms with E-state index >= 15 is 0 Å². The van der Waals surface area contributed by atoms with E-state index in [4.69, 9.17) is 0 Å². The van der Waals surface area contributed by atoms with Gasteiger partial charge in [-0.2, -0.15) is 11.3 Å². The van der Waals surface area contributed by atoms with Crippen LogP contribution in [0.5, 0.6) is 0 Å². The number of aliphatic hydroxyl groups is 1. The van der Waals surface area contributed by atoms with Gasteiger partial charge in [0.25, 0.3) is 0 Å². The van der Waals surface area contributed by atoms with Crippen molar-refractivity contribution < 1.29 is 14.7 Å². The minimum absolute atomic E-state index is 0.0483. The number of hydrogen-bond donors (Lipinski definition) is 1. The summed E-state index contributed by atoms with van der Waals surface area (Å²) in [5.41, 5.74) is -0.0374. The maximum atomic E-state index is 12.9. The molecule has 1 aromatic heterocycles. The highest BCUT2D eigenvalue weighted by Gasteiger charge is 2.49. The number of rotatable bonds is 3. The lowest BCUT2D eigenvalue weighted by molar-refractivity contribution is -0.144. The van der Waals surface area contributed by atoms with Crippen molar-refractivity contribution in [2.24, 2.45) is 5.41 Å². The van der Waals surface area contributed by atoms with E-state index in [1.54, 1.807) is 11.3 Å². The molecule has 1 spiro atoms. The lowest BCUT2D eigenvalue weighted by atomic mass is 9.75. The quantitative estimate of drug-likeness (QED) is 0.912. The summed E-state index contributed by atoms with van der Waals surface area (Å²) < 4.78 is 0. The lowest BCUT2D eigenvalue weighted by Gasteiger charge is -2.41. The van der Waals surface area contributed by atoms with Crippen molar-refractivity contribution in [3.8, 4) is 0 Å². The fraction of sp³-hybridized carbons (Fsp3) is 0.667. The van der Waals surface area contributed by atoms with E-state index in [2.05, 4.69) is 0 Å². The molecule has 2 amide bonds. The van der Waals surface area contributed by atoms with Crippen LogP contribution < -0.4 is 4.90 Å². The van der Waals surface area contributed by atoms with E-state index in [1.165, 1.54) is 0 Å². The highest BCUT2D eigenvalue weighted by molar-refractivity contribution is 7.08. The molecule has 2 aliphatic heterocycles. The number of anilines is 1. The Labute approximate surface area is 146 Å². The van der Waals surface area contributed by atoms with Crippen LogP contribution in [0.15, 0.2) is 16.8 Å². The van der Waals surface area contributed by atoms with Crippen LogP contribution in [0.25, 0.3) is 0 Å². The monoisotopic (exact) mass is 348 g/mol. The van der Waals surface area contributed by atoms with Crippen LogP contribution in [0.1, 0.15) is 44.9 Å². The Morgan fingerprint density at radius 2 is 1.88 bits per heavy atom. The van der Waals surface area contributed by atoms with Crippen molar-refractivity contribution >= 4 is 28.8 Å². The van der Waals surface area contributed by atoms with Crippen molar-refractivity contribution in [3.05, 3.63) is 16.8 Å². The number of nitrogens with zero attached hydrogens (tertiary/aromatic N) is 2. The van der Waals surface area contributed by atoms with Crippen molar-refractivity contribution in [3.63, 3.8) is 0 Å². The second-order valence-electron chi connectivity index (χ2n) is 7.60. The molecule has 0 aromatic carbocycles. The predicted octanol–water partition coefficient (Wildman–Crippen LogP) is 2.40. The molecule has 6 heteroatoms. The normalized spacial score (nSPS) is 25.1. The summed E-state index contributed by atoms with van der Waals surface area (Å²) in [5, 5.41) is 14.2. The second-order valence-corrected chi connectivity index (χ2v) is 8.38. The highest BCUT2D eigenvalue weighted by Crippen LogP contribution is 2.44. The SMILES string of the molecule is O=C(CC1(O)CCC1)N1CCC2(CC1)CCN(c1ccsc1)C2=O. The molecular formula is C18H24N2O3S. The van der Waals surface area contributed by atoms with E-state index in [9.17, 15) is 14.7 Å². The first-order chi connectivity index (χ1) is 11.5. The van der Waals surface area contributed by atoms with Crippen LogP contribution in [0.2, 0.25) is 0 Å². The van der Waals surface area contributed by atoms with Gasteiger partial charge < -0.3 is 14.9 Å². The zero-order chi connectivity index (χ0) is 16.8. The zero-order valence-electron chi connectivity index (χ0n) is 13.9. The molecule has 1 aliphatic carbocycles. The molecule has 3 heterocycles. The molecule has 2 saturated heterocycles. The first-order valence-corrected chi connectivity index (χ1v) is 9.80. The molecule has 1 N–H and O–H groups in total. The first kappa shape index (κ1) is 16.1. The van der Waals surface area contributed by atoms with Crippen LogP contribution >= 0.6 is 11.3 Å². The van der Waals surface area contributed by atoms with Crippen LogP contribution in [0.3, 0.4) is 0 Å². The molecule has 5 nitrogen and oxygen atoms in total. The topological polar surface area (TPSA) is 60.9 Å². The molecular weight excluding hydrogens is 324 g/mol. The van der Waals surface area contributed by atoms with Crippen molar-refractivity contribution in [2.75, 3.05) is 24.5 Å². The minimum Gasteiger partial charge on any atom is -0.389 e. The number of amides is 2. The van der Waals surface area contributed by atoms with Crippen molar-refractivity contribution in [1.29, 1.82) is 0 Å². The molecule has 3 fully saturated rings. The third-order valence-electron chi connectivity index (χ3n) is 6.17. The summed E-state index contributed by atoms with van der Waals surface area (Å²) in [6.45, 7) is 2.06. The van der Waals surface area contributed by atoms with Gasteiger partial charge in [0.2, 0.25) is 11.8 Å². The van der Waals surface area contributed by atoms with Gasteiger partial charge in [-0.3, -0.25) is 9.59 Å². The summed E-state index contributed by atoms with van der Waals surface area (Å²) in [6, 6.07) is 2.00. The van der Waals surface area contributed by atoms with Gasteiger partial charge in [-0.05, 0) is 50.0 Å². The minimum atomic E-state index is -0.759. The lowest BCUT2D eigenvalue weighted by Crippen LogP contribution is -2.49. The zero-order valence-corrected chi connectivity index (χ0v) is 14.7. The van der Waals surface area contributed by atoms with Gasteiger partial charge in [0, 0.05) is 25.0 Å². The van der Waals surface area contributed by atoms with Gasteiger partial charge in [0.1, 0.15) is 0 Å². The molecule has 0 radical (unpaired) electrons. The Kier molecular flexibility index (Phi) is 3.92. The van der Waals surface area contributed by atoms with Crippen molar-refractivity contribution in [2.45, 2.75) is 50.5 Å². The average molecular weight is 348 g/mol. The van der Waals surface area contributed by atoms with Gasteiger partial charge in [0.15, 0.2) is 0 Å². The van der Waals surface area contributed by atoms with E-state index in [-0.39, 0.29) is 23.7 Å². The molecule has 130 valence electrons. The standard InChI is InChI=1S/C18H24N2O3S/c21-15(12-18(23)3-1-4-18)19-8-5-17(6-9-19)7-10-20(16(17)22)14-2-11-24-13-14/h2,11,13,23H,1,3-10,12H2. The number of thiophene rings is 1. The van der Waals surface area contributed by atoms with Gasteiger partial charge >= 0.3 is 0 Å². The third-order valence-corrected chi connectivity index (χ3v) is 6.84. The number of hydrogen-bond acceptors (Lipinski definition) is 4. The van der Waals surface area contributed by atoms with E-state index < -0.39 is 5.60 Å². The summed E-state index contributed by atoms with van der Waals surface area (Å²) in [7, 11) is 0. The number of carbonyl (C=O) groups is 2. The Hall–Kier alpha value is -1.40. The molecule has 1 saturated carbocycles. The second kappa shape index (κ2) is 5.85. The fourth-order valence-electron chi connectivity index (χ4n) is 4.28. The molecule has 0 bridgehead atoms.